The summed E-state index contributed by atoms with van der Waals surface area (Å²) in [6.07, 6.45) is 5.14. The van der Waals surface area contributed by atoms with Crippen LogP contribution in [0, 0.1) is 19.3 Å². The van der Waals surface area contributed by atoms with E-state index in [0.717, 1.165) is 5.56 Å². The summed E-state index contributed by atoms with van der Waals surface area (Å²) in [7, 11) is 0. The van der Waals surface area contributed by atoms with Crippen molar-refractivity contribution in [3.8, 4) is 12.3 Å². The number of rotatable bonds is 7. The Balaban J connectivity index is 2.45. The van der Waals surface area contributed by atoms with Gasteiger partial charge in [-0.2, -0.15) is 0 Å². The van der Waals surface area contributed by atoms with Gasteiger partial charge in [0.05, 0.1) is 12.3 Å². The van der Waals surface area contributed by atoms with Crippen molar-refractivity contribution in [2.45, 2.75) is 12.7 Å². The Morgan fingerprint density at radius 1 is 1.45 bits per heavy atom. The lowest BCUT2D eigenvalue weighted by Crippen LogP contribution is -2.37. The average molecular weight is 291 g/mol. The fourth-order valence-electron chi connectivity index (χ4n) is 1.66. The first kappa shape index (κ1) is 16.1. The summed E-state index contributed by atoms with van der Waals surface area (Å²) in [5, 5.41) is 8.72. The van der Waals surface area contributed by atoms with E-state index >= 15 is 0 Å². The second kappa shape index (κ2) is 8.28. The summed E-state index contributed by atoms with van der Waals surface area (Å²) in [5.41, 5.74) is 2.32. The van der Waals surface area contributed by atoms with Gasteiger partial charge in [0.1, 0.15) is 6.54 Å². The normalized spacial score (nSPS) is 9.80. The Morgan fingerprint density at radius 3 is 2.80 bits per heavy atom. The summed E-state index contributed by atoms with van der Waals surface area (Å²) < 4.78 is 0. The molecule has 0 radical (unpaired) electrons. The van der Waals surface area contributed by atoms with Crippen molar-refractivity contribution >= 4 is 23.6 Å². The molecule has 0 fully saturated rings. The molecule has 0 saturated carbocycles. The van der Waals surface area contributed by atoms with Gasteiger partial charge in [0, 0.05) is 5.75 Å². The second-order valence-electron chi connectivity index (χ2n) is 4.33. The van der Waals surface area contributed by atoms with Gasteiger partial charge in [0.25, 0.3) is 0 Å². The molecule has 5 heteroatoms. The SMILES string of the molecule is C#CCN(CC(=O)O)C(=O)CSCc1cccc(C)c1. The minimum Gasteiger partial charge on any atom is -0.480 e. The highest BCUT2D eigenvalue weighted by Crippen LogP contribution is 2.14. The highest BCUT2D eigenvalue weighted by atomic mass is 32.2. The third kappa shape index (κ3) is 5.81. The van der Waals surface area contributed by atoms with Crippen LogP contribution >= 0.6 is 11.8 Å². The van der Waals surface area contributed by atoms with E-state index in [4.69, 9.17) is 11.5 Å². The maximum Gasteiger partial charge on any atom is 0.323 e. The molecule has 0 heterocycles. The topological polar surface area (TPSA) is 57.6 Å². The number of hydrogen-bond acceptors (Lipinski definition) is 3. The lowest BCUT2D eigenvalue weighted by atomic mass is 10.2. The molecule has 0 unspecified atom stereocenters. The lowest BCUT2D eigenvalue weighted by molar-refractivity contribution is -0.143. The number of aryl methyl sites for hydroxylation is 1. The number of carbonyl (C=O) groups is 2. The summed E-state index contributed by atoms with van der Waals surface area (Å²) in [6, 6.07) is 8.05. The highest BCUT2D eigenvalue weighted by Gasteiger charge is 2.15. The molecule has 0 aliphatic heterocycles. The van der Waals surface area contributed by atoms with E-state index in [0.29, 0.717) is 5.75 Å². The van der Waals surface area contributed by atoms with E-state index in [-0.39, 0.29) is 24.7 Å². The molecule has 4 nitrogen and oxygen atoms in total. The second-order valence-corrected chi connectivity index (χ2v) is 5.32. The van der Waals surface area contributed by atoms with E-state index in [1.54, 1.807) is 0 Å². The van der Waals surface area contributed by atoms with E-state index in [1.165, 1.54) is 22.2 Å². The number of hydrogen-bond donors (Lipinski definition) is 1. The monoisotopic (exact) mass is 291 g/mol. The highest BCUT2D eigenvalue weighted by molar-refractivity contribution is 7.99. The molecule has 1 rings (SSSR count). The van der Waals surface area contributed by atoms with Crippen LogP contribution in [0.4, 0.5) is 0 Å². The van der Waals surface area contributed by atoms with E-state index in [9.17, 15) is 9.59 Å². The number of terminal acetylenes is 1. The number of nitrogens with zero attached hydrogens (tertiary/aromatic N) is 1. The van der Waals surface area contributed by atoms with Crippen LogP contribution in [0.5, 0.6) is 0 Å². The van der Waals surface area contributed by atoms with Crippen LogP contribution in [-0.4, -0.2) is 40.7 Å². The average Bonchev–Trinajstić information content (AvgIpc) is 2.37. The van der Waals surface area contributed by atoms with Crippen LogP contribution in [0.25, 0.3) is 0 Å². The van der Waals surface area contributed by atoms with E-state index in [2.05, 4.69) is 12.0 Å². The summed E-state index contributed by atoms with van der Waals surface area (Å²) in [6.45, 7) is 1.69. The summed E-state index contributed by atoms with van der Waals surface area (Å²) >= 11 is 1.45. The largest absolute Gasteiger partial charge is 0.480 e. The third-order valence-electron chi connectivity index (χ3n) is 2.54. The molecule has 0 aliphatic rings. The number of carbonyl (C=O) groups excluding carboxylic acids is 1. The Labute approximate surface area is 123 Å². The number of thioether (sulfide) groups is 1. The first-order valence-electron chi connectivity index (χ1n) is 6.09. The molecule has 1 aromatic rings. The first-order chi connectivity index (χ1) is 9.52. The molecule has 0 aliphatic carbocycles. The number of carboxylic acid groups (broad SMARTS) is 1. The van der Waals surface area contributed by atoms with Gasteiger partial charge in [-0.3, -0.25) is 9.59 Å². The van der Waals surface area contributed by atoms with Crippen molar-refractivity contribution in [3.63, 3.8) is 0 Å². The van der Waals surface area contributed by atoms with Crippen LogP contribution in [0.1, 0.15) is 11.1 Å². The molecule has 0 aromatic heterocycles. The van der Waals surface area contributed by atoms with Gasteiger partial charge >= 0.3 is 5.97 Å². The van der Waals surface area contributed by atoms with Crippen molar-refractivity contribution in [1.29, 1.82) is 0 Å². The summed E-state index contributed by atoms with van der Waals surface area (Å²) in [4.78, 5) is 23.7. The molecule has 1 aromatic carbocycles. The predicted molar refractivity (Wildman–Crippen MR) is 80.4 cm³/mol. The van der Waals surface area contributed by atoms with Gasteiger partial charge in [0.15, 0.2) is 0 Å². The zero-order valence-electron chi connectivity index (χ0n) is 11.3. The van der Waals surface area contributed by atoms with Crippen molar-refractivity contribution < 1.29 is 14.7 Å². The molecule has 0 saturated heterocycles. The van der Waals surface area contributed by atoms with Gasteiger partial charge in [0.2, 0.25) is 5.91 Å². The number of carboxylic acids is 1. The van der Waals surface area contributed by atoms with Crippen molar-refractivity contribution in [1.82, 2.24) is 4.90 Å². The smallest absolute Gasteiger partial charge is 0.323 e. The van der Waals surface area contributed by atoms with E-state index in [1.807, 2.05) is 25.1 Å². The molecular weight excluding hydrogens is 274 g/mol. The van der Waals surface area contributed by atoms with Crippen molar-refractivity contribution in [2.24, 2.45) is 0 Å². The quantitative estimate of drug-likeness (QED) is 0.778. The fraction of sp³-hybridized carbons (Fsp3) is 0.333. The number of aliphatic carboxylic acids is 1. The van der Waals surface area contributed by atoms with Crippen LogP contribution in [0.2, 0.25) is 0 Å². The maximum atomic E-state index is 11.9. The molecule has 106 valence electrons. The zero-order chi connectivity index (χ0) is 15.0. The Kier molecular flexibility index (Phi) is 6.68. The molecule has 20 heavy (non-hydrogen) atoms. The molecular formula is C15H17NO3S. The van der Waals surface area contributed by atoms with Crippen molar-refractivity contribution in [3.05, 3.63) is 35.4 Å². The van der Waals surface area contributed by atoms with Gasteiger partial charge < -0.3 is 10.0 Å². The molecule has 1 N–H and O–H groups in total. The van der Waals surface area contributed by atoms with Crippen molar-refractivity contribution in [2.75, 3.05) is 18.8 Å². The van der Waals surface area contributed by atoms with Crippen LogP contribution in [-0.2, 0) is 15.3 Å². The Bertz CT molecular complexity index is 522. The maximum absolute atomic E-state index is 11.9. The fourth-order valence-corrected chi connectivity index (χ4v) is 2.53. The van der Waals surface area contributed by atoms with E-state index < -0.39 is 5.97 Å². The first-order valence-corrected chi connectivity index (χ1v) is 7.24. The summed E-state index contributed by atoms with van der Waals surface area (Å²) in [5.74, 6) is 1.93. The Morgan fingerprint density at radius 2 is 2.20 bits per heavy atom. The predicted octanol–water partition coefficient (Wildman–Crippen LogP) is 1.77. The molecule has 0 spiro atoms. The Hall–Kier alpha value is -1.93. The van der Waals surface area contributed by atoms with Gasteiger partial charge in [-0.1, -0.05) is 35.7 Å². The van der Waals surface area contributed by atoms with Gasteiger partial charge in [-0.15, -0.1) is 18.2 Å². The van der Waals surface area contributed by atoms with Crippen LogP contribution < -0.4 is 0 Å². The minimum absolute atomic E-state index is 0.0239. The minimum atomic E-state index is -1.06. The molecule has 1 amide bonds. The number of amides is 1. The third-order valence-corrected chi connectivity index (χ3v) is 3.53. The van der Waals surface area contributed by atoms with Gasteiger partial charge in [-0.25, -0.2) is 0 Å². The molecule has 0 atom stereocenters. The zero-order valence-corrected chi connectivity index (χ0v) is 12.2. The molecule has 0 bridgehead atoms. The van der Waals surface area contributed by atoms with Gasteiger partial charge in [-0.05, 0) is 12.5 Å². The van der Waals surface area contributed by atoms with Crippen LogP contribution in [0.15, 0.2) is 24.3 Å². The van der Waals surface area contributed by atoms with Crippen LogP contribution in [0.3, 0.4) is 0 Å². The number of benzene rings is 1. The lowest BCUT2D eigenvalue weighted by Gasteiger charge is -2.17. The standard InChI is InChI=1S/C15H17NO3S/c1-3-7-16(9-15(18)19)14(17)11-20-10-13-6-4-5-12(2)8-13/h1,4-6,8H,7,9-11H2,2H3,(H,18,19).